The summed E-state index contributed by atoms with van der Waals surface area (Å²) in [6.07, 6.45) is 3.05. The Morgan fingerprint density at radius 2 is 2.00 bits per heavy atom. The molecule has 0 bridgehead atoms. The van der Waals surface area contributed by atoms with Gasteiger partial charge in [-0.15, -0.1) is 0 Å². The van der Waals surface area contributed by atoms with Crippen LogP contribution in [-0.2, 0) is 20.0 Å². The lowest BCUT2D eigenvalue weighted by molar-refractivity contribution is 0.746. The summed E-state index contributed by atoms with van der Waals surface area (Å²) in [4.78, 5) is 2.12. The van der Waals surface area contributed by atoms with Crippen LogP contribution in [0, 0.1) is 0 Å². The van der Waals surface area contributed by atoms with Crippen molar-refractivity contribution in [3.63, 3.8) is 0 Å². The van der Waals surface area contributed by atoms with Crippen molar-refractivity contribution in [2.45, 2.75) is 19.9 Å². The second kappa shape index (κ2) is 5.78. The highest BCUT2D eigenvalue weighted by molar-refractivity contribution is 5.69. The van der Waals surface area contributed by atoms with Crippen molar-refractivity contribution in [2.24, 2.45) is 7.05 Å². The van der Waals surface area contributed by atoms with Crippen molar-refractivity contribution in [3.8, 4) is 0 Å². The van der Waals surface area contributed by atoms with Gasteiger partial charge in [-0.05, 0) is 18.6 Å². The molecule has 0 radical (unpaired) electrons. The van der Waals surface area contributed by atoms with Crippen molar-refractivity contribution in [1.82, 2.24) is 9.78 Å². The first-order valence-electron chi connectivity index (χ1n) is 6.63. The third-order valence-corrected chi connectivity index (χ3v) is 3.18. The predicted octanol–water partition coefficient (Wildman–Crippen LogP) is 2.66. The third kappa shape index (κ3) is 3.08. The Morgan fingerprint density at radius 3 is 2.68 bits per heavy atom. The van der Waals surface area contributed by atoms with E-state index in [9.17, 15) is 0 Å². The molecule has 0 spiro atoms. The lowest BCUT2D eigenvalue weighted by Crippen LogP contribution is -2.12. The van der Waals surface area contributed by atoms with E-state index in [0.717, 1.165) is 24.3 Å². The van der Waals surface area contributed by atoms with Crippen molar-refractivity contribution in [2.75, 3.05) is 24.3 Å². The predicted molar refractivity (Wildman–Crippen MR) is 80.7 cm³/mol. The molecule has 0 amide bonds. The zero-order valence-electron chi connectivity index (χ0n) is 12.1. The van der Waals surface area contributed by atoms with Gasteiger partial charge in [0, 0.05) is 39.4 Å². The smallest absolute Gasteiger partial charge is 0.0671 e. The minimum Gasteiger partial charge on any atom is -0.379 e. The van der Waals surface area contributed by atoms with E-state index in [4.69, 9.17) is 0 Å². The summed E-state index contributed by atoms with van der Waals surface area (Å²) in [6.45, 7) is 2.95. The molecule has 4 heteroatoms. The summed E-state index contributed by atoms with van der Waals surface area (Å²) in [6, 6.07) is 8.34. The van der Waals surface area contributed by atoms with Crippen LogP contribution in [0.15, 0.2) is 30.5 Å². The SMILES string of the molecule is CCc1nn(C)cc1CNc1ccccc1N(C)C. The zero-order chi connectivity index (χ0) is 13.8. The number of nitrogens with one attached hydrogen (secondary N) is 1. The highest BCUT2D eigenvalue weighted by Gasteiger charge is 2.07. The van der Waals surface area contributed by atoms with Gasteiger partial charge in [-0.1, -0.05) is 19.1 Å². The maximum atomic E-state index is 4.47. The van der Waals surface area contributed by atoms with E-state index in [1.807, 2.05) is 11.7 Å². The van der Waals surface area contributed by atoms with Crippen LogP contribution in [0.5, 0.6) is 0 Å². The lowest BCUT2D eigenvalue weighted by atomic mass is 10.2. The largest absolute Gasteiger partial charge is 0.379 e. The molecular weight excluding hydrogens is 236 g/mol. The van der Waals surface area contributed by atoms with E-state index in [2.05, 4.69) is 66.8 Å². The molecule has 0 saturated carbocycles. The first-order valence-corrected chi connectivity index (χ1v) is 6.63. The maximum Gasteiger partial charge on any atom is 0.0671 e. The fraction of sp³-hybridized carbons (Fsp3) is 0.400. The van der Waals surface area contributed by atoms with E-state index in [0.29, 0.717) is 0 Å². The number of benzene rings is 1. The summed E-state index contributed by atoms with van der Waals surface area (Å²) < 4.78 is 1.88. The minimum absolute atomic E-state index is 0.807. The summed E-state index contributed by atoms with van der Waals surface area (Å²) in [5.74, 6) is 0. The second-order valence-electron chi connectivity index (χ2n) is 4.89. The fourth-order valence-corrected chi connectivity index (χ4v) is 2.23. The molecule has 0 unspecified atom stereocenters. The Kier molecular flexibility index (Phi) is 4.10. The van der Waals surface area contributed by atoms with E-state index in [1.165, 1.54) is 11.3 Å². The van der Waals surface area contributed by atoms with Gasteiger partial charge in [0.05, 0.1) is 17.1 Å². The van der Waals surface area contributed by atoms with Crippen LogP contribution in [0.2, 0.25) is 0 Å². The fourth-order valence-electron chi connectivity index (χ4n) is 2.23. The average Bonchev–Trinajstić information content (AvgIpc) is 2.77. The quantitative estimate of drug-likeness (QED) is 0.895. The van der Waals surface area contributed by atoms with Crippen LogP contribution in [0.1, 0.15) is 18.2 Å². The van der Waals surface area contributed by atoms with Crippen LogP contribution in [-0.4, -0.2) is 23.9 Å². The van der Waals surface area contributed by atoms with Crippen LogP contribution < -0.4 is 10.2 Å². The highest BCUT2D eigenvalue weighted by atomic mass is 15.3. The zero-order valence-corrected chi connectivity index (χ0v) is 12.1. The Bertz CT molecular complexity index is 543. The highest BCUT2D eigenvalue weighted by Crippen LogP contribution is 2.24. The number of aromatic nitrogens is 2. The standard InChI is InChI=1S/C15H22N4/c1-5-13-12(11-19(4)17-13)10-16-14-8-6-7-9-15(14)18(2)3/h6-9,11,16H,5,10H2,1-4H3. The minimum atomic E-state index is 0.807. The number of hydrogen-bond donors (Lipinski definition) is 1. The van der Waals surface area contributed by atoms with Gasteiger partial charge in [0.1, 0.15) is 0 Å². The van der Waals surface area contributed by atoms with E-state index in [-0.39, 0.29) is 0 Å². The molecule has 1 N–H and O–H groups in total. The monoisotopic (exact) mass is 258 g/mol. The Balaban J connectivity index is 2.14. The van der Waals surface area contributed by atoms with Gasteiger partial charge in [-0.25, -0.2) is 0 Å². The molecule has 1 aromatic carbocycles. The molecule has 0 saturated heterocycles. The van der Waals surface area contributed by atoms with Crippen molar-refractivity contribution in [3.05, 3.63) is 41.7 Å². The van der Waals surface area contributed by atoms with Gasteiger partial charge in [-0.3, -0.25) is 4.68 Å². The molecule has 0 aliphatic carbocycles. The van der Waals surface area contributed by atoms with Crippen LogP contribution in [0.25, 0.3) is 0 Å². The molecule has 0 atom stereocenters. The summed E-state index contributed by atoms with van der Waals surface area (Å²) in [5.41, 5.74) is 4.78. The third-order valence-electron chi connectivity index (χ3n) is 3.18. The maximum absolute atomic E-state index is 4.47. The van der Waals surface area contributed by atoms with E-state index in [1.54, 1.807) is 0 Å². The first-order chi connectivity index (χ1) is 9.11. The summed E-state index contributed by atoms with van der Waals surface area (Å²) in [5, 5.41) is 7.97. The van der Waals surface area contributed by atoms with E-state index >= 15 is 0 Å². The molecule has 0 fully saturated rings. The molecule has 1 heterocycles. The molecule has 1 aromatic heterocycles. The van der Waals surface area contributed by atoms with Crippen molar-refractivity contribution >= 4 is 11.4 Å². The molecule has 2 aromatic rings. The van der Waals surface area contributed by atoms with Crippen LogP contribution in [0.3, 0.4) is 0 Å². The summed E-state index contributed by atoms with van der Waals surface area (Å²) >= 11 is 0. The van der Waals surface area contributed by atoms with Gasteiger partial charge in [0.2, 0.25) is 0 Å². The number of aryl methyl sites for hydroxylation is 2. The van der Waals surface area contributed by atoms with Gasteiger partial charge < -0.3 is 10.2 Å². The average molecular weight is 258 g/mol. The van der Waals surface area contributed by atoms with Crippen molar-refractivity contribution < 1.29 is 0 Å². The number of anilines is 2. The topological polar surface area (TPSA) is 33.1 Å². The van der Waals surface area contributed by atoms with Gasteiger partial charge >= 0.3 is 0 Å². The Morgan fingerprint density at radius 1 is 1.26 bits per heavy atom. The molecule has 0 aliphatic heterocycles. The van der Waals surface area contributed by atoms with E-state index < -0.39 is 0 Å². The normalized spacial score (nSPS) is 10.5. The molecule has 102 valence electrons. The number of hydrogen-bond acceptors (Lipinski definition) is 3. The summed E-state index contributed by atoms with van der Waals surface area (Å²) in [7, 11) is 6.08. The Labute approximate surface area is 115 Å². The van der Waals surface area contributed by atoms with Gasteiger partial charge in [0.25, 0.3) is 0 Å². The second-order valence-corrected chi connectivity index (χ2v) is 4.89. The van der Waals surface area contributed by atoms with Crippen LogP contribution >= 0.6 is 0 Å². The number of nitrogens with zero attached hydrogens (tertiary/aromatic N) is 3. The number of rotatable bonds is 5. The van der Waals surface area contributed by atoms with Gasteiger partial charge in [0.15, 0.2) is 0 Å². The lowest BCUT2D eigenvalue weighted by Gasteiger charge is -2.18. The molecule has 2 rings (SSSR count). The first kappa shape index (κ1) is 13.5. The molecular formula is C15H22N4. The van der Waals surface area contributed by atoms with Crippen molar-refractivity contribution in [1.29, 1.82) is 0 Å². The van der Waals surface area contributed by atoms with Crippen LogP contribution in [0.4, 0.5) is 11.4 Å². The van der Waals surface area contributed by atoms with Gasteiger partial charge in [-0.2, -0.15) is 5.10 Å². The number of para-hydroxylation sites is 2. The molecule has 4 nitrogen and oxygen atoms in total. The molecule has 19 heavy (non-hydrogen) atoms. The molecule has 0 aliphatic rings. The Hall–Kier alpha value is -1.97.